The van der Waals surface area contributed by atoms with Gasteiger partial charge in [0.15, 0.2) is 0 Å². The number of nitrogens with two attached hydrogens (primary N) is 1. The summed E-state index contributed by atoms with van der Waals surface area (Å²) in [6.45, 7) is 2.31. The Labute approximate surface area is 108 Å². The fraction of sp³-hybridized carbons (Fsp3) is 0.500. The van der Waals surface area contributed by atoms with Crippen LogP contribution in [0.5, 0.6) is 5.75 Å². The molecule has 0 radical (unpaired) electrons. The Morgan fingerprint density at radius 2 is 2.11 bits per heavy atom. The Morgan fingerprint density at radius 3 is 2.61 bits per heavy atom. The first-order chi connectivity index (χ1) is 8.50. The van der Waals surface area contributed by atoms with E-state index in [2.05, 4.69) is 0 Å². The maximum Gasteiger partial charge on any atom is 0.247 e. The standard InChI is InChI=1S/C12H18N2O3S/c1-3-14(10-5-6-10)18(15,16)12-8-9(13)4-7-11(12)17-2/h4,7-8,10H,3,5-6,13H2,1-2H3. The molecule has 0 aromatic heterocycles. The Bertz CT molecular complexity index is 538. The zero-order valence-corrected chi connectivity index (χ0v) is 11.4. The molecule has 6 heteroatoms. The second-order valence-electron chi connectivity index (χ2n) is 4.35. The Morgan fingerprint density at radius 1 is 1.44 bits per heavy atom. The minimum Gasteiger partial charge on any atom is -0.495 e. The lowest BCUT2D eigenvalue weighted by Gasteiger charge is -2.21. The van der Waals surface area contributed by atoms with Crippen molar-refractivity contribution in [1.29, 1.82) is 0 Å². The first kappa shape index (κ1) is 13.2. The van der Waals surface area contributed by atoms with Crippen molar-refractivity contribution in [1.82, 2.24) is 4.31 Å². The number of hydrogen-bond donors (Lipinski definition) is 1. The summed E-state index contributed by atoms with van der Waals surface area (Å²) in [5, 5.41) is 0. The van der Waals surface area contributed by atoms with Crippen LogP contribution in [0.25, 0.3) is 0 Å². The lowest BCUT2D eigenvalue weighted by Crippen LogP contribution is -2.33. The van der Waals surface area contributed by atoms with E-state index in [0.717, 1.165) is 12.8 Å². The van der Waals surface area contributed by atoms with Crippen LogP contribution < -0.4 is 10.5 Å². The van der Waals surface area contributed by atoms with Crippen LogP contribution in [0, 0.1) is 0 Å². The van der Waals surface area contributed by atoms with Crippen molar-refractivity contribution >= 4 is 15.7 Å². The van der Waals surface area contributed by atoms with E-state index < -0.39 is 10.0 Å². The highest BCUT2D eigenvalue weighted by Gasteiger charge is 2.38. The highest BCUT2D eigenvalue weighted by atomic mass is 32.2. The fourth-order valence-corrected chi connectivity index (χ4v) is 3.89. The molecule has 0 amide bonds. The number of benzene rings is 1. The van der Waals surface area contributed by atoms with E-state index >= 15 is 0 Å². The average Bonchev–Trinajstić information content (AvgIpc) is 3.14. The van der Waals surface area contributed by atoms with Crippen molar-refractivity contribution in [3.05, 3.63) is 18.2 Å². The molecular formula is C12H18N2O3S. The first-order valence-corrected chi connectivity index (χ1v) is 7.40. The molecule has 100 valence electrons. The molecule has 2 N–H and O–H groups in total. The molecule has 18 heavy (non-hydrogen) atoms. The molecule has 1 saturated carbocycles. The van der Waals surface area contributed by atoms with Gasteiger partial charge < -0.3 is 10.5 Å². The molecule has 0 unspecified atom stereocenters. The van der Waals surface area contributed by atoms with Crippen molar-refractivity contribution in [3.63, 3.8) is 0 Å². The summed E-state index contributed by atoms with van der Waals surface area (Å²) < 4.78 is 31.8. The summed E-state index contributed by atoms with van der Waals surface area (Å²) in [4.78, 5) is 0.152. The second kappa shape index (κ2) is 4.78. The Hall–Kier alpha value is -1.27. The maximum atomic E-state index is 12.6. The van der Waals surface area contributed by atoms with Crippen molar-refractivity contribution in [3.8, 4) is 5.75 Å². The van der Waals surface area contributed by atoms with Gasteiger partial charge in [-0.2, -0.15) is 4.31 Å². The van der Waals surface area contributed by atoms with Crippen LogP contribution in [0.3, 0.4) is 0 Å². The predicted molar refractivity (Wildman–Crippen MR) is 70.0 cm³/mol. The molecule has 1 aromatic carbocycles. The topological polar surface area (TPSA) is 72.6 Å². The van der Waals surface area contributed by atoms with Crippen molar-refractivity contribution in [2.45, 2.75) is 30.7 Å². The van der Waals surface area contributed by atoms with Gasteiger partial charge in [0, 0.05) is 18.3 Å². The van der Waals surface area contributed by atoms with E-state index in [0.29, 0.717) is 18.0 Å². The predicted octanol–water partition coefficient (Wildman–Crippen LogP) is 1.45. The van der Waals surface area contributed by atoms with Gasteiger partial charge in [0.05, 0.1) is 7.11 Å². The van der Waals surface area contributed by atoms with Crippen LogP contribution in [0.2, 0.25) is 0 Å². The quantitative estimate of drug-likeness (QED) is 0.822. The number of sulfonamides is 1. The minimum absolute atomic E-state index is 0.131. The van der Waals surface area contributed by atoms with Gasteiger partial charge in [0.1, 0.15) is 10.6 Å². The van der Waals surface area contributed by atoms with E-state index in [1.165, 1.54) is 17.5 Å². The normalized spacial score (nSPS) is 15.9. The number of nitrogens with zero attached hydrogens (tertiary/aromatic N) is 1. The molecule has 0 aliphatic heterocycles. The van der Waals surface area contributed by atoms with Gasteiger partial charge >= 0.3 is 0 Å². The third-order valence-corrected chi connectivity index (χ3v) is 5.09. The number of methoxy groups -OCH3 is 1. The molecule has 0 bridgehead atoms. The third kappa shape index (κ3) is 2.30. The average molecular weight is 270 g/mol. The summed E-state index contributed by atoms with van der Waals surface area (Å²) in [5.74, 6) is 0.336. The van der Waals surface area contributed by atoms with E-state index in [1.807, 2.05) is 6.92 Å². The number of anilines is 1. The van der Waals surface area contributed by atoms with E-state index in [9.17, 15) is 8.42 Å². The van der Waals surface area contributed by atoms with E-state index in [4.69, 9.17) is 10.5 Å². The summed E-state index contributed by atoms with van der Waals surface area (Å²) in [6, 6.07) is 4.80. The minimum atomic E-state index is -3.52. The number of nitrogen functional groups attached to an aromatic ring is 1. The zero-order chi connectivity index (χ0) is 13.3. The molecule has 0 heterocycles. The van der Waals surface area contributed by atoms with E-state index in [-0.39, 0.29) is 10.9 Å². The molecule has 1 aromatic rings. The van der Waals surface area contributed by atoms with Crippen LogP contribution in [-0.2, 0) is 10.0 Å². The fourth-order valence-electron chi connectivity index (χ4n) is 2.01. The second-order valence-corrected chi connectivity index (χ2v) is 6.21. The van der Waals surface area contributed by atoms with Crippen LogP contribution in [0.15, 0.2) is 23.1 Å². The highest BCUT2D eigenvalue weighted by molar-refractivity contribution is 7.89. The van der Waals surface area contributed by atoms with Gasteiger partial charge in [-0.15, -0.1) is 0 Å². The molecule has 0 atom stereocenters. The molecule has 0 saturated heterocycles. The van der Waals surface area contributed by atoms with Gasteiger partial charge in [0.25, 0.3) is 0 Å². The molecule has 0 spiro atoms. The van der Waals surface area contributed by atoms with E-state index in [1.54, 1.807) is 12.1 Å². The number of hydrogen-bond acceptors (Lipinski definition) is 4. The summed E-state index contributed by atoms with van der Waals surface area (Å²) in [5.41, 5.74) is 6.09. The Balaban J connectivity index is 2.48. The van der Waals surface area contributed by atoms with Gasteiger partial charge in [-0.3, -0.25) is 0 Å². The van der Waals surface area contributed by atoms with Crippen molar-refractivity contribution < 1.29 is 13.2 Å². The van der Waals surface area contributed by atoms with Crippen molar-refractivity contribution in [2.24, 2.45) is 0 Å². The smallest absolute Gasteiger partial charge is 0.247 e. The van der Waals surface area contributed by atoms with Gasteiger partial charge in [-0.1, -0.05) is 6.92 Å². The van der Waals surface area contributed by atoms with Crippen LogP contribution >= 0.6 is 0 Å². The summed E-state index contributed by atoms with van der Waals surface area (Å²) >= 11 is 0. The monoisotopic (exact) mass is 270 g/mol. The number of rotatable bonds is 5. The molecule has 1 aliphatic rings. The largest absolute Gasteiger partial charge is 0.495 e. The third-order valence-electron chi connectivity index (χ3n) is 3.04. The molecular weight excluding hydrogens is 252 g/mol. The lowest BCUT2D eigenvalue weighted by atomic mass is 10.3. The highest BCUT2D eigenvalue weighted by Crippen LogP contribution is 2.35. The Kier molecular flexibility index (Phi) is 3.49. The van der Waals surface area contributed by atoms with Gasteiger partial charge in [-0.25, -0.2) is 8.42 Å². The molecule has 5 nitrogen and oxygen atoms in total. The SMILES string of the molecule is CCN(C1CC1)S(=O)(=O)c1cc(N)ccc1OC. The van der Waals surface area contributed by atoms with Gasteiger partial charge in [0.2, 0.25) is 10.0 Å². The van der Waals surface area contributed by atoms with Crippen molar-refractivity contribution in [2.75, 3.05) is 19.4 Å². The van der Waals surface area contributed by atoms with Crippen LogP contribution in [0.4, 0.5) is 5.69 Å². The number of ether oxygens (including phenoxy) is 1. The molecule has 2 rings (SSSR count). The first-order valence-electron chi connectivity index (χ1n) is 5.96. The molecule has 1 aliphatic carbocycles. The van der Waals surface area contributed by atoms with Crippen LogP contribution in [-0.4, -0.2) is 32.4 Å². The zero-order valence-electron chi connectivity index (χ0n) is 10.6. The van der Waals surface area contributed by atoms with Crippen LogP contribution in [0.1, 0.15) is 19.8 Å². The summed E-state index contributed by atoms with van der Waals surface area (Å²) in [6.07, 6.45) is 1.86. The summed E-state index contributed by atoms with van der Waals surface area (Å²) in [7, 11) is -2.07. The maximum absolute atomic E-state index is 12.6. The lowest BCUT2D eigenvalue weighted by molar-refractivity contribution is 0.391. The molecule has 1 fully saturated rings. The van der Waals surface area contributed by atoms with Gasteiger partial charge in [-0.05, 0) is 31.0 Å².